The zero-order chi connectivity index (χ0) is 8.73. The molecule has 0 aromatic carbocycles. The maximum atomic E-state index is 10.3. The highest BCUT2D eigenvalue weighted by Crippen LogP contribution is 2.08. The Labute approximate surface area is 57.2 Å². The summed E-state index contributed by atoms with van der Waals surface area (Å²) in [6.45, 7) is 2.22. The van der Waals surface area contributed by atoms with Crippen LogP contribution < -0.4 is 0 Å². The van der Waals surface area contributed by atoms with Gasteiger partial charge in [-0.1, -0.05) is 0 Å². The second kappa shape index (κ2) is 8.99. The van der Waals surface area contributed by atoms with Crippen LogP contribution >= 0.6 is 0 Å². The Morgan fingerprint density at radius 2 is 0.818 bits per heavy atom. The first-order valence-electron chi connectivity index (χ1n) is 1.74. The van der Waals surface area contributed by atoms with Gasteiger partial charge >= 0.3 is 12.2 Å². The van der Waals surface area contributed by atoms with E-state index in [1.807, 2.05) is 0 Å². The molecule has 0 atom stereocenters. The summed E-state index contributed by atoms with van der Waals surface area (Å²) in [5.74, 6) is 0. The Morgan fingerprint density at radius 3 is 0.818 bits per heavy atom. The summed E-state index contributed by atoms with van der Waals surface area (Å²) < 4.78 is 61.4. The molecule has 0 radical (unpaired) electrons. The van der Waals surface area contributed by atoms with Crippen LogP contribution in [0.3, 0.4) is 0 Å². The van der Waals surface area contributed by atoms with Crippen LogP contribution in [0.5, 0.6) is 0 Å². The average molecular weight is 184 g/mol. The van der Waals surface area contributed by atoms with E-state index >= 15 is 0 Å². The van der Waals surface area contributed by atoms with Gasteiger partial charge in [0.2, 0.25) is 0 Å². The Bertz CT molecular complexity index is 115. The van der Waals surface area contributed by atoms with Gasteiger partial charge in [-0.05, 0) is 6.58 Å². The molecule has 0 aliphatic heterocycles. The van der Waals surface area contributed by atoms with Crippen molar-refractivity contribution in [2.75, 3.05) is 0 Å². The maximum absolute atomic E-state index is 10.3. The molecule has 68 valence electrons. The average Bonchev–Trinajstić information content (AvgIpc) is 1.63. The van der Waals surface area contributed by atoms with Gasteiger partial charge in [0.05, 0.1) is 0 Å². The maximum Gasteiger partial charge on any atom is 0.334 e. The van der Waals surface area contributed by atoms with Crippen LogP contribution in [0.1, 0.15) is 0 Å². The topological polar surface area (TPSA) is 0 Å². The van der Waals surface area contributed by atoms with Crippen molar-refractivity contribution in [1.82, 2.24) is 0 Å². The Balaban J connectivity index is -0.000000114. The van der Waals surface area contributed by atoms with E-state index in [1.54, 1.807) is 0 Å². The third-order valence-electron chi connectivity index (χ3n) is 0.143. The molecule has 0 fully saturated rings. The van der Waals surface area contributed by atoms with Crippen molar-refractivity contribution in [2.24, 2.45) is 0 Å². The molecule has 11 heavy (non-hydrogen) atoms. The van der Waals surface area contributed by atoms with Crippen molar-refractivity contribution in [3.8, 4) is 0 Å². The van der Waals surface area contributed by atoms with Gasteiger partial charge < -0.3 is 0 Å². The SMILES string of the molecule is C=C(F)F.F.FC(F)=C(F)F. The van der Waals surface area contributed by atoms with Crippen LogP contribution in [0.25, 0.3) is 0 Å². The number of rotatable bonds is 0. The molecule has 0 nitrogen and oxygen atoms in total. The lowest BCUT2D eigenvalue weighted by molar-refractivity contribution is 0.308. The number of halogens is 7. The van der Waals surface area contributed by atoms with Crippen LogP contribution in [0, 0.1) is 0 Å². The molecule has 0 saturated heterocycles. The van der Waals surface area contributed by atoms with E-state index in [9.17, 15) is 26.3 Å². The Kier molecular flexibility index (Phi) is 13.5. The van der Waals surface area contributed by atoms with E-state index in [0.717, 1.165) is 0 Å². The van der Waals surface area contributed by atoms with Crippen LogP contribution in [0.4, 0.5) is 31.0 Å². The monoisotopic (exact) mass is 184 g/mol. The molecule has 0 N–H and O–H groups in total. The second-order valence-electron chi connectivity index (χ2n) is 0.860. The summed E-state index contributed by atoms with van der Waals surface area (Å²) in [4.78, 5) is 0. The van der Waals surface area contributed by atoms with E-state index in [2.05, 4.69) is 6.58 Å². The fourth-order valence-electron chi connectivity index (χ4n) is 0. The van der Waals surface area contributed by atoms with Gasteiger partial charge in [0, 0.05) is 0 Å². The first-order chi connectivity index (χ1) is 4.37. The lowest BCUT2D eigenvalue weighted by atomic mass is 11.1. The van der Waals surface area contributed by atoms with Gasteiger partial charge in [0.15, 0.2) is 0 Å². The molecular formula is C4H3F7. The van der Waals surface area contributed by atoms with E-state index in [1.165, 1.54) is 0 Å². The summed E-state index contributed by atoms with van der Waals surface area (Å²) in [6, 6.07) is 0. The fourth-order valence-corrected chi connectivity index (χ4v) is 0. The molecule has 0 aliphatic carbocycles. The molecule has 0 bridgehead atoms. The fraction of sp³-hybridized carbons (Fsp3) is 0. The van der Waals surface area contributed by atoms with Crippen molar-refractivity contribution < 1.29 is 31.0 Å². The standard InChI is InChI=1S/C2F4.C2H2F2.FH/c3-1(4)2(5)6;1-2(3)4;/h;1H2;1H. The summed E-state index contributed by atoms with van der Waals surface area (Å²) in [5.41, 5.74) is 0. The molecular weight excluding hydrogens is 181 g/mol. The van der Waals surface area contributed by atoms with Crippen LogP contribution in [0.2, 0.25) is 0 Å². The molecule has 0 unspecified atom stereocenters. The van der Waals surface area contributed by atoms with Crippen molar-refractivity contribution in [3.05, 3.63) is 24.8 Å². The van der Waals surface area contributed by atoms with E-state index in [-0.39, 0.29) is 4.70 Å². The molecule has 0 aromatic heterocycles. The van der Waals surface area contributed by atoms with E-state index in [0.29, 0.717) is 0 Å². The summed E-state index contributed by atoms with van der Waals surface area (Å²) in [6.07, 6.45) is -7.65. The Hall–Kier alpha value is -1.01. The molecule has 0 aliphatic rings. The van der Waals surface area contributed by atoms with Crippen molar-refractivity contribution in [2.45, 2.75) is 0 Å². The molecule has 0 rings (SSSR count). The summed E-state index contributed by atoms with van der Waals surface area (Å²) in [7, 11) is 0. The van der Waals surface area contributed by atoms with Gasteiger partial charge in [-0.2, -0.15) is 26.3 Å². The number of hydrogen-bond acceptors (Lipinski definition) is 0. The van der Waals surface area contributed by atoms with Gasteiger partial charge in [0.1, 0.15) is 0 Å². The highest BCUT2D eigenvalue weighted by molar-refractivity contribution is 4.77. The van der Waals surface area contributed by atoms with Crippen molar-refractivity contribution >= 4 is 0 Å². The van der Waals surface area contributed by atoms with Gasteiger partial charge in [0.25, 0.3) is 6.08 Å². The molecule has 0 amide bonds. The number of hydrogen-bond donors (Lipinski definition) is 0. The highest BCUT2D eigenvalue weighted by Gasteiger charge is 1.98. The minimum absolute atomic E-state index is 0. The molecule has 7 heteroatoms. The van der Waals surface area contributed by atoms with Crippen LogP contribution in [0.15, 0.2) is 24.8 Å². The highest BCUT2D eigenvalue weighted by atomic mass is 19.3. The summed E-state index contributed by atoms with van der Waals surface area (Å²) >= 11 is 0. The largest absolute Gasteiger partial charge is 0.334 e. The Morgan fingerprint density at radius 1 is 0.727 bits per heavy atom. The van der Waals surface area contributed by atoms with Crippen molar-refractivity contribution in [1.29, 1.82) is 0 Å². The third-order valence-corrected chi connectivity index (χ3v) is 0.143. The van der Waals surface area contributed by atoms with Crippen LogP contribution in [-0.2, 0) is 0 Å². The zero-order valence-corrected chi connectivity index (χ0v) is 4.88. The normalized spacial score (nSPS) is 6.73. The lowest BCUT2D eigenvalue weighted by Gasteiger charge is -1.69. The molecule has 0 heterocycles. The third kappa shape index (κ3) is 49.1. The van der Waals surface area contributed by atoms with E-state index in [4.69, 9.17) is 0 Å². The quantitative estimate of drug-likeness (QED) is 0.505. The first-order valence-corrected chi connectivity index (χ1v) is 1.74. The summed E-state index contributed by atoms with van der Waals surface area (Å²) in [5, 5.41) is 0. The smallest absolute Gasteiger partial charge is 0.269 e. The van der Waals surface area contributed by atoms with Crippen molar-refractivity contribution in [3.63, 3.8) is 0 Å². The zero-order valence-electron chi connectivity index (χ0n) is 4.88. The van der Waals surface area contributed by atoms with E-state index < -0.39 is 18.2 Å². The van der Waals surface area contributed by atoms with Crippen LogP contribution in [-0.4, -0.2) is 0 Å². The lowest BCUT2D eigenvalue weighted by Crippen LogP contribution is -1.56. The van der Waals surface area contributed by atoms with Gasteiger partial charge in [-0.15, -0.1) is 0 Å². The minimum atomic E-state index is -2.91. The van der Waals surface area contributed by atoms with Gasteiger partial charge in [-0.3, -0.25) is 4.70 Å². The minimum Gasteiger partial charge on any atom is -0.269 e. The second-order valence-corrected chi connectivity index (χ2v) is 0.860. The molecule has 0 saturated carbocycles. The molecule has 0 aromatic rings. The van der Waals surface area contributed by atoms with Gasteiger partial charge in [-0.25, -0.2) is 0 Å². The first kappa shape index (κ1) is 16.5. The predicted octanol–water partition coefficient (Wildman–Crippen LogP) is 3.54. The predicted molar refractivity (Wildman–Crippen MR) is 25.3 cm³/mol. The molecule has 0 spiro atoms.